The molecule has 5 heteroatoms. The Morgan fingerprint density at radius 1 is 1.42 bits per heavy atom. The van der Waals surface area contributed by atoms with E-state index in [4.69, 9.17) is 5.11 Å². The van der Waals surface area contributed by atoms with Crippen LogP contribution < -0.4 is 4.90 Å². The highest BCUT2D eigenvalue weighted by atomic mass is 79.9. The summed E-state index contributed by atoms with van der Waals surface area (Å²) in [4.78, 5) is 13.0. The second-order valence-electron chi connectivity index (χ2n) is 4.42. The van der Waals surface area contributed by atoms with Crippen LogP contribution in [0.25, 0.3) is 0 Å². The fraction of sp³-hybridized carbons (Fsp3) is 0.214. The van der Waals surface area contributed by atoms with Crippen molar-refractivity contribution in [3.05, 3.63) is 50.1 Å². The number of hydrogen-bond acceptors (Lipinski definition) is 3. The molecule has 3 nitrogen and oxygen atoms in total. The first-order valence-electron chi connectivity index (χ1n) is 5.75. The summed E-state index contributed by atoms with van der Waals surface area (Å²) in [5.74, 6) is -0.890. The highest BCUT2D eigenvalue weighted by Gasteiger charge is 2.10. The fourth-order valence-electron chi connectivity index (χ4n) is 2.00. The number of thiophene rings is 1. The van der Waals surface area contributed by atoms with E-state index in [0.717, 1.165) is 21.6 Å². The van der Waals surface area contributed by atoms with Gasteiger partial charge in [-0.15, -0.1) is 11.3 Å². The van der Waals surface area contributed by atoms with Crippen molar-refractivity contribution >= 4 is 38.9 Å². The number of benzene rings is 1. The average molecular weight is 340 g/mol. The third kappa shape index (κ3) is 3.36. The van der Waals surface area contributed by atoms with Crippen LogP contribution in [0.4, 0.5) is 5.69 Å². The summed E-state index contributed by atoms with van der Waals surface area (Å²) >= 11 is 5.12. The minimum Gasteiger partial charge on any atom is -0.478 e. The molecule has 19 heavy (non-hydrogen) atoms. The first-order chi connectivity index (χ1) is 8.97. The second-order valence-corrected chi connectivity index (χ2v) is 6.71. The van der Waals surface area contributed by atoms with Crippen LogP contribution in [-0.4, -0.2) is 18.1 Å². The van der Waals surface area contributed by atoms with Gasteiger partial charge in [0.25, 0.3) is 0 Å². The van der Waals surface area contributed by atoms with Gasteiger partial charge in [-0.25, -0.2) is 4.79 Å². The summed E-state index contributed by atoms with van der Waals surface area (Å²) in [6, 6.07) is 7.31. The van der Waals surface area contributed by atoms with E-state index in [9.17, 15) is 4.79 Å². The van der Waals surface area contributed by atoms with Crippen molar-refractivity contribution in [3.63, 3.8) is 0 Å². The number of hydrogen-bond donors (Lipinski definition) is 1. The zero-order chi connectivity index (χ0) is 14.0. The largest absolute Gasteiger partial charge is 0.478 e. The van der Waals surface area contributed by atoms with E-state index < -0.39 is 5.97 Å². The Kier molecular flexibility index (Phi) is 4.27. The number of rotatable bonds is 4. The SMILES string of the molecule is Cc1cc(C(=O)O)ccc1N(C)Cc1csc(Br)c1. The molecule has 0 fully saturated rings. The van der Waals surface area contributed by atoms with E-state index >= 15 is 0 Å². The molecule has 0 amide bonds. The number of nitrogens with zero attached hydrogens (tertiary/aromatic N) is 1. The van der Waals surface area contributed by atoms with Crippen LogP contribution in [0, 0.1) is 6.92 Å². The van der Waals surface area contributed by atoms with Crippen molar-refractivity contribution in [2.24, 2.45) is 0 Å². The molecule has 0 aliphatic heterocycles. The number of carboxylic acids is 1. The summed E-state index contributed by atoms with van der Waals surface area (Å²) in [5, 5.41) is 11.1. The Morgan fingerprint density at radius 2 is 2.16 bits per heavy atom. The van der Waals surface area contributed by atoms with Gasteiger partial charge in [0.15, 0.2) is 0 Å². The first kappa shape index (κ1) is 14.1. The van der Waals surface area contributed by atoms with Crippen LogP contribution in [0.1, 0.15) is 21.5 Å². The van der Waals surface area contributed by atoms with Crippen LogP contribution in [-0.2, 0) is 6.54 Å². The highest BCUT2D eigenvalue weighted by Crippen LogP contribution is 2.25. The summed E-state index contributed by atoms with van der Waals surface area (Å²) in [6.45, 7) is 2.73. The predicted molar refractivity (Wildman–Crippen MR) is 82.3 cm³/mol. The maximum atomic E-state index is 10.9. The van der Waals surface area contributed by atoms with Crippen molar-refractivity contribution < 1.29 is 9.90 Å². The molecule has 1 aromatic heterocycles. The smallest absolute Gasteiger partial charge is 0.335 e. The lowest BCUT2D eigenvalue weighted by molar-refractivity contribution is 0.0697. The fourth-order valence-corrected chi connectivity index (χ4v) is 3.20. The van der Waals surface area contributed by atoms with E-state index in [1.54, 1.807) is 23.5 Å². The molecule has 1 aromatic carbocycles. The van der Waals surface area contributed by atoms with E-state index in [-0.39, 0.29) is 0 Å². The van der Waals surface area contributed by atoms with Crippen molar-refractivity contribution in [1.29, 1.82) is 0 Å². The van der Waals surface area contributed by atoms with Gasteiger partial charge in [0.2, 0.25) is 0 Å². The Bertz CT molecular complexity index is 609. The molecule has 0 radical (unpaired) electrons. The van der Waals surface area contributed by atoms with Crippen molar-refractivity contribution in [2.45, 2.75) is 13.5 Å². The molecule has 100 valence electrons. The standard InChI is InChI=1S/C14H14BrNO2S/c1-9-5-11(14(17)18)3-4-12(9)16(2)7-10-6-13(15)19-8-10/h3-6,8H,7H2,1-2H3,(H,17,18). The molecule has 0 saturated carbocycles. The van der Waals surface area contributed by atoms with Crippen LogP contribution >= 0.6 is 27.3 Å². The molecule has 0 atom stereocenters. The molecule has 0 bridgehead atoms. The van der Waals surface area contributed by atoms with Crippen molar-refractivity contribution in [1.82, 2.24) is 0 Å². The highest BCUT2D eigenvalue weighted by molar-refractivity contribution is 9.11. The first-order valence-corrected chi connectivity index (χ1v) is 7.42. The number of anilines is 1. The molecule has 0 unspecified atom stereocenters. The van der Waals surface area contributed by atoms with Crippen LogP contribution in [0.15, 0.2) is 33.4 Å². The van der Waals surface area contributed by atoms with Gasteiger partial charge in [0.1, 0.15) is 0 Å². The maximum Gasteiger partial charge on any atom is 0.335 e. The van der Waals surface area contributed by atoms with Gasteiger partial charge in [0.05, 0.1) is 9.35 Å². The van der Waals surface area contributed by atoms with E-state index in [2.05, 4.69) is 32.3 Å². The van der Waals surface area contributed by atoms with Gasteiger partial charge in [0, 0.05) is 19.3 Å². The van der Waals surface area contributed by atoms with Gasteiger partial charge >= 0.3 is 5.97 Å². The van der Waals surface area contributed by atoms with Gasteiger partial charge in [-0.05, 0) is 63.6 Å². The predicted octanol–water partition coefficient (Wildman–Crippen LogP) is 4.15. The molecule has 2 aromatic rings. The molecule has 2 rings (SSSR count). The van der Waals surface area contributed by atoms with Crippen LogP contribution in [0.5, 0.6) is 0 Å². The second kappa shape index (κ2) is 5.75. The molecule has 0 spiro atoms. The third-order valence-corrected chi connectivity index (χ3v) is 4.45. The average Bonchev–Trinajstić information content (AvgIpc) is 2.74. The Balaban J connectivity index is 2.19. The zero-order valence-corrected chi connectivity index (χ0v) is 13.1. The number of halogens is 1. The lowest BCUT2D eigenvalue weighted by Crippen LogP contribution is -2.17. The van der Waals surface area contributed by atoms with E-state index in [1.807, 2.05) is 20.0 Å². The van der Waals surface area contributed by atoms with Crippen LogP contribution in [0.3, 0.4) is 0 Å². The topological polar surface area (TPSA) is 40.5 Å². The Hall–Kier alpha value is -1.33. The number of carbonyl (C=O) groups is 1. The van der Waals surface area contributed by atoms with Gasteiger partial charge < -0.3 is 10.0 Å². The van der Waals surface area contributed by atoms with Gasteiger partial charge in [-0.1, -0.05) is 0 Å². The Labute approximate surface area is 124 Å². The number of aromatic carboxylic acids is 1. The Morgan fingerprint density at radius 3 is 2.68 bits per heavy atom. The molecule has 0 aliphatic carbocycles. The molecule has 1 heterocycles. The van der Waals surface area contributed by atoms with Crippen molar-refractivity contribution in [3.8, 4) is 0 Å². The quantitative estimate of drug-likeness (QED) is 0.909. The minimum atomic E-state index is -0.890. The monoisotopic (exact) mass is 339 g/mol. The van der Waals surface area contributed by atoms with E-state index in [1.165, 1.54) is 5.56 Å². The number of aryl methyl sites for hydroxylation is 1. The lowest BCUT2D eigenvalue weighted by atomic mass is 10.1. The minimum absolute atomic E-state index is 0.327. The third-order valence-electron chi connectivity index (χ3n) is 2.90. The molecule has 0 saturated heterocycles. The molecular weight excluding hydrogens is 326 g/mol. The van der Waals surface area contributed by atoms with Crippen LogP contribution in [0.2, 0.25) is 0 Å². The normalized spacial score (nSPS) is 10.5. The lowest BCUT2D eigenvalue weighted by Gasteiger charge is -2.21. The van der Waals surface area contributed by atoms with E-state index in [0.29, 0.717) is 5.56 Å². The van der Waals surface area contributed by atoms with Gasteiger partial charge in [-0.3, -0.25) is 0 Å². The molecule has 1 N–H and O–H groups in total. The summed E-state index contributed by atoms with van der Waals surface area (Å²) in [7, 11) is 2.01. The number of carboxylic acid groups (broad SMARTS) is 1. The summed E-state index contributed by atoms with van der Waals surface area (Å²) in [6.07, 6.45) is 0. The zero-order valence-electron chi connectivity index (χ0n) is 10.7. The maximum absolute atomic E-state index is 10.9. The summed E-state index contributed by atoms with van der Waals surface area (Å²) < 4.78 is 1.12. The molecule has 0 aliphatic rings. The summed E-state index contributed by atoms with van der Waals surface area (Å²) in [5.41, 5.74) is 3.58. The van der Waals surface area contributed by atoms with Crippen molar-refractivity contribution in [2.75, 3.05) is 11.9 Å². The molecular formula is C14H14BrNO2S. The van der Waals surface area contributed by atoms with Gasteiger partial charge in [-0.2, -0.15) is 0 Å².